The third-order valence-electron chi connectivity index (χ3n) is 3.71. The molecule has 1 aromatic heterocycles. The highest BCUT2D eigenvalue weighted by atomic mass is 16.7. The van der Waals surface area contributed by atoms with Crippen molar-refractivity contribution in [2.75, 3.05) is 13.2 Å². The normalized spacial score (nSPS) is 17.4. The molecule has 4 rings (SSSR count). The van der Waals surface area contributed by atoms with E-state index in [9.17, 15) is 0 Å². The van der Waals surface area contributed by atoms with Gasteiger partial charge in [-0.05, 0) is 24.6 Å². The number of nitrogens with one attached hydrogen (secondary N) is 1. The fourth-order valence-electron chi connectivity index (χ4n) is 2.72. The summed E-state index contributed by atoms with van der Waals surface area (Å²) in [6.07, 6.45) is 0. The number of hydrogen-bond acceptors (Lipinski definition) is 3. The van der Waals surface area contributed by atoms with E-state index in [1.165, 1.54) is 0 Å². The zero-order chi connectivity index (χ0) is 14.3. The van der Waals surface area contributed by atoms with Gasteiger partial charge in [-0.25, -0.2) is 4.98 Å². The molecule has 0 saturated carbocycles. The average Bonchev–Trinajstić information content (AvgIpc) is 3.15. The molecule has 2 heterocycles. The molecule has 2 aromatic carbocycles. The van der Waals surface area contributed by atoms with Crippen molar-refractivity contribution in [2.24, 2.45) is 0 Å². The molecular formula is C17H15N2O2. The van der Waals surface area contributed by atoms with Gasteiger partial charge in [0.25, 0.3) is 5.79 Å². The van der Waals surface area contributed by atoms with Gasteiger partial charge in [-0.1, -0.05) is 36.4 Å². The molecule has 1 fully saturated rings. The minimum Gasteiger partial charge on any atom is -0.337 e. The molecule has 0 atom stereocenters. The summed E-state index contributed by atoms with van der Waals surface area (Å²) in [5.74, 6) is -0.270. The Labute approximate surface area is 122 Å². The van der Waals surface area contributed by atoms with Crippen molar-refractivity contribution in [2.45, 2.75) is 5.79 Å². The summed E-state index contributed by atoms with van der Waals surface area (Å²) in [5, 5.41) is 0. The van der Waals surface area contributed by atoms with Crippen LogP contribution in [0.25, 0.3) is 11.0 Å². The van der Waals surface area contributed by atoms with Crippen molar-refractivity contribution < 1.29 is 9.47 Å². The van der Waals surface area contributed by atoms with Crippen molar-refractivity contribution >= 4 is 11.0 Å². The predicted octanol–water partition coefficient (Wildman–Crippen LogP) is 2.99. The van der Waals surface area contributed by atoms with Crippen molar-refractivity contribution in [1.82, 2.24) is 9.97 Å². The number of aromatic amines is 1. The van der Waals surface area contributed by atoms with Gasteiger partial charge < -0.3 is 14.5 Å². The van der Waals surface area contributed by atoms with Crippen LogP contribution in [-0.2, 0) is 15.3 Å². The van der Waals surface area contributed by atoms with Crippen LogP contribution in [0.3, 0.4) is 0 Å². The molecule has 4 nitrogen and oxygen atoms in total. The lowest BCUT2D eigenvalue weighted by Crippen LogP contribution is -2.30. The Morgan fingerprint density at radius 1 is 1.05 bits per heavy atom. The molecule has 0 unspecified atom stereocenters. The molecule has 3 aromatic rings. The summed E-state index contributed by atoms with van der Waals surface area (Å²) in [6, 6.07) is 15.8. The third-order valence-corrected chi connectivity index (χ3v) is 3.71. The van der Waals surface area contributed by atoms with Gasteiger partial charge in [0.15, 0.2) is 5.82 Å². The van der Waals surface area contributed by atoms with Crippen LogP contribution >= 0.6 is 0 Å². The van der Waals surface area contributed by atoms with Crippen LogP contribution in [0.5, 0.6) is 0 Å². The van der Waals surface area contributed by atoms with E-state index in [2.05, 4.69) is 16.9 Å². The lowest BCUT2D eigenvalue weighted by Gasteiger charge is -2.25. The molecule has 21 heavy (non-hydrogen) atoms. The highest BCUT2D eigenvalue weighted by molar-refractivity contribution is 5.76. The second-order valence-electron chi connectivity index (χ2n) is 5.12. The predicted molar refractivity (Wildman–Crippen MR) is 79.7 cm³/mol. The summed E-state index contributed by atoms with van der Waals surface area (Å²) < 4.78 is 11.9. The Kier molecular flexibility index (Phi) is 2.80. The van der Waals surface area contributed by atoms with Gasteiger partial charge in [0.05, 0.1) is 24.2 Å². The molecule has 1 radical (unpaired) electrons. The van der Waals surface area contributed by atoms with Crippen LogP contribution < -0.4 is 0 Å². The lowest BCUT2D eigenvalue weighted by molar-refractivity contribution is -0.135. The maximum Gasteiger partial charge on any atom is 0.256 e. The second kappa shape index (κ2) is 4.69. The van der Waals surface area contributed by atoms with Crippen LogP contribution in [0.4, 0.5) is 0 Å². The standard InChI is InChI=1S/C17H15N2O2/c1-12-7-8-14-15(11-12)19-16(18-14)17(20-9-10-21-17)13-5-3-2-4-6-13/h2-8,11H,1,9-10H2,(H,18,19). The Bertz CT molecular complexity index is 774. The topological polar surface area (TPSA) is 47.1 Å². The van der Waals surface area contributed by atoms with Gasteiger partial charge in [-0.2, -0.15) is 0 Å². The number of rotatable bonds is 2. The SMILES string of the molecule is [CH2]c1ccc2[nH]c(C3(c4ccccc4)OCCO3)nc2c1. The fourth-order valence-corrected chi connectivity index (χ4v) is 2.72. The molecular weight excluding hydrogens is 264 g/mol. The van der Waals surface area contributed by atoms with Crippen molar-refractivity contribution in [1.29, 1.82) is 0 Å². The van der Waals surface area contributed by atoms with Crippen LogP contribution in [0.2, 0.25) is 0 Å². The molecule has 105 valence electrons. The average molecular weight is 279 g/mol. The first kappa shape index (κ1) is 12.6. The number of aromatic nitrogens is 2. The second-order valence-corrected chi connectivity index (χ2v) is 5.12. The van der Waals surface area contributed by atoms with Gasteiger partial charge in [0.2, 0.25) is 0 Å². The number of fused-ring (bicyclic) bond motifs is 1. The van der Waals surface area contributed by atoms with E-state index < -0.39 is 5.79 Å². The molecule has 1 aliphatic rings. The van der Waals surface area contributed by atoms with Crippen molar-refractivity contribution in [3.05, 3.63) is 72.4 Å². The Morgan fingerprint density at radius 3 is 2.57 bits per heavy atom. The monoisotopic (exact) mass is 279 g/mol. The third kappa shape index (κ3) is 1.95. The van der Waals surface area contributed by atoms with E-state index in [1.807, 2.05) is 48.5 Å². The Morgan fingerprint density at radius 2 is 1.81 bits per heavy atom. The minimum atomic E-state index is -0.943. The minimum absolute atomic E-state index is 0.548. The summed E-state index contributed by atoms with van der Waals surface area (Å²) in [5.41, 5.74) is 3.69. The zero-order valence-corrected chi connectivity index (χ0v) is 11.5. The van der Waals surface area contributed by atoms with E-state index >= 15 is 0 Å². The van der Waals surface area contributed by atoms with E-state index in [0.29, 0.717) is 19.0 Å². The molecule has 0 amide bonds. The number of ether oxygens (including phenoxy) is 2. The van der Waals surface area contributed by atoms with Gasteiger partial charge in [0, 0.05) is 5.56 Å². The number of benzene rings is 2. The smallest absolute Gasteiger partial charge is 0.256 e. The summed E-state index contributed by atoms with van der Waals surface area (Å²) in [6.45, 7) is 5.03. The molecule has 0 aliphatic carbocycles. The van der Waals surface area contributed by atoms with Crippen LogP contribution in [-0.4, -0.2) is 23.2 Å². The lowest BCUT2D eigenvalue weighted by atomic mass is 10.1. The summed E-state index contributed by atoms with van der Waals surface area (Å²) >= 11 is 0. The molecule has 4 heteroatoms. The van der Waals surface area contributed by atoms with Crippen molar-refractivity contribution in [3.8, 4) is 0 Å². The van der Waals surface area contributed by atoms with Gasteiger partial charge in [-0.15, -0.1) is 0 Å². The van der Waals surface area contributed by atoms with Crippen LogP contribution in [0.15, 0.2) is 48.5 Å². The molecule has 1 saturated heterocycles. The number of H-pyrrole nitrogens is 1. The van der Waals surface area contributed by atoms with Crippen LogP contribution in [0, 0.1) is 6.92 Å². The highest BCUT2D eigenvalue weighted by Gasteiger charge is 2.43. The first-order valence-electron chi connectivity index (χ1n) is 6.94. The van der Waals surface area contributed by atoms with E-state index in [1.54, 1.807) is 0 Å². The Balaban J connectivity index is 1.90. The molecule has 1 N–H and O–H groups in total. The maximum absolute atomic E-state index is 5.94. The summed E-state index contributed by atoms with van der Waals surface area (Å²) in [7, 11) is 0. The first-order chi connectivity index (χ1) is 10.3. The quantitative estimate of drug-likeness (QED) is 0.784. The number of imidazole rings is 1. The van der Waals surface area contributed by atoms with Crippen molar-refractivity contribution in [3.63, 3.8) is 0 Å². The Hall–Kier alpha value is -2.17. The maximum atomic E-state index is 5.94. The zero-order valence-electron chi connectivity index (χ0n) is 11.5. The van der Waals surface area contributed by atoms with Crippen LogP contribution in [0.1, 0.15) is 17.0 Å². The molecule has 0 spiro atoms. The van der Waals surface area contributed by atoms with E-state index in [4.69, 9.17) is 9.47 Å². The first-order valence-corrected chi connectivity index (χ1v) is 6.94. The van der Waals surface area contributed by atoms with E-state index in [0.717, 1.165) is 22.2 Å². The van der Waals surface area contributed by atoms with Gasteiger partial charge >= 0.3 is 0 Å². The molecule has 0 bridgehead atoms. The van der Waals surface area contributed by atoms with Gasteiger partial charge in [0.1, 0.15) is 0 Å². The largest absolute Gasteiger partial charge is 0.337 e. The van der Waals surface area contributed by atoms with E-state index in [-0.39, 0.29) is 0 Å². The number of nitrogens with zero attached hydrogens (tertiary/aromatic N) is 1. The summed E-state index contributed by atoms with van der Waals surface area (Å²) in [4.78, 5) is 7.97. The molecule has 1 aliphatic heterocycles. The fraction of sp³-hybridized carbons (Fsp3) is 0.176. The number of hydrogen-bond donors (Lipinski definition) is 1. The highest BCUT2D eigenvalue weighted by Crippen LogP contribution is 2.37. The van der Waals surface area contributed by atoms with Gasteiger partial charge in [-0.3, -0.25) is 0 Å².